The first-order valence-electron chi connectivity index (χ1n) is 11.9. The molecule has 0 saturated heterocycles. The third kappa shape index (κ3) is 5.68. The Morgan fingerprint density at radius 2 is 1.64 bits per heavy atom. The van der Waals surface area contributed by atoms with Gasteiger partial charge in [-0.3, -0.25) is 9.59 Å². The van der Waals surface area contributed by atoms with Gasteiger partial charge < -0.3 is 15.0 Å². The Bertz CT molecular complexity index is 1380. The summed E-state index contributed by atoms with van der Waals surface area (Å²) in [6.45, 7) is 5.38. The second-order valence-electron chi connectivity index (χ2n) is 9.21. The number of benzene rings is 3. The van der Waals surface area contributed by atoms with E-state index in [4.69, 9.17) is 9.72 Å². The maximum Gasteiger partial charge on any atom is 0.308 e. The van der Waals surface area contributed by atoms with Crippen molar-refractivity contribution in [1.29, 1.82) is 0 Å². The molecule has 4 rings (SSSR count). The number of nitrogens with zero attached hydrogens (tertiary/aromatic N) is 3. The van der Waals surface area contributed by atoms with Gasteiger partial charge in [0.15, 0.2) is 11.6 Å². The highest BCUT2D eigenvalue weighted by Gasteiger charge is 2.21. The lowest BCUT2D eigenvalue weighted by Crippen LogP contribution is -2.18. The van der Waals surface area contributed by atoms with E-state index < -0.39 is 5.97 Å². The van der Waals surface area contributed by atoms with Gasteiger partial charge in [0.05, 0.1) is 5.69 Å². The van der Waals surface area contributed by atoms with Crippen LogP contribution in [0.3, 0.4) is 0 Å². The number of nitrogens with one attached hydrogen (secondary N) is 1. The molecule has 0 saturated carbocycles. The van der Waals surface area contributed by atoms with Crippen LogP contribution in [0.2, 0.25) is 0 Å². The zero-order valence-corrected chi connectivity index (χ0v) is 21.2. The Labute approximate surface area is 211 Å². The summed E-state index contributed by atoms with van der Waals surface area (Å²) in [7, 11) is 3.71. The zero-order valence-electron chi connectivity index (χ0n) is 21.2. The molecular formula is C29H30N4O3. The van der Waals surface area contributed by atoms with Crippen molar-refractivity contribution in [1.82, 2.24) is 9.97 Å². The minimum Gasteiger partial charge on any atom is -0.421 e. The van der Waals surface area contributed by atoms with E-state index in [1.54, 1.807) is 0 Å². The van der Waals surface area contributed by atoms with Gasteiger partial charge in [-0.15, -0.1) is 0 Å². The smallest absolute Gasteiger partial charge is 0.308 e. The summed E-state index contributed by atoms with van der Waals surface area (Å²) in [6, 6.07) is 21.3. The molecule has 0 bridgehead atoms. The van der Waals surface area contributed by atoms with Crippen LogP contribution in [-0.2, 0) is 11.2 Å². The molecule has 7 heteroatoms. The van der Waals surface area contributed by atoms with Crippen molar-refractivity contribution < 1.29 is 14.3 Å². The third-order valence-electron chi connectivity index (χ3n) is 5.72. The standard InChI is InChI=1S/C29H30N4O3/c1-18(2)26-27(36-19(3)34)28(33(4)5)32-25(31-26)16-20-10-14-24(15-11-20)30-29(35)23-13-12-21-8-6-7-9-22(21)17-23/h6-15,17-18H,16H2,1-5H3,(H,30,35). The maximum atomic E-state index is 12.8. The fourth-order valence-electron chi connectivity index (χ4n) is 3.94. The van der Waals surface area contributed by atoms with E-state index >= 15 is 0 Å². The molecule has 0 aliphatic carbocycles. The van der Waals surface area contributed by atoms with E-state index in [1.807, 2.05) is 99.6 Å². The van der Waals surface area contributed by atoms with Crippen molar-refractivity contribution in [3.8, 4) is 5.75 Å². The van der Waals surface area contributed by atoms with Gasteiger partial charge in [-0.05, 0) is 46.5 Å². The van der Waals surface area contributed by atoms with Crippen molar-refractivity contribution in [3.05, 3.63) is 89.4 Å². The average Bonchev–Trinajstić information content (AvgIpc) is 2.85. The Morgan fingerprint density at radius 1 is 0.944 bits per heavy atom. The number of esters is 1. The number of anilines is 2. The predicted molar refractivity (Wildman–Crippen MR) is 143 cm³/mol. The number of fused-ring (bicyclic) bond motifs is 1. The first-order chi connectivity index (χ1) is 17.2. The van der Waals surface area contributed by atoms with Gasteiger partial charge in [-0.1, -0.05) is 56.3 Å². The number of amides is 1. The van der Waals surface area contributed by atoms with E-state index in [2.05, 4.69) is 10.3 Å². The molecular weight excluding hydrogens is 452 g/mol. The summed E-state index contributed by atoms with van der Waals surface area (Å²) in [4.78, 5) is 35.6. The lowest BCUT2D eigenvalue weighted by molar-refractivity contribution is -0.131. The molecule has 1 heterocycles. The average molecular weight is 483 g/mol. The van der Waals surface area contributed by atoms with E-state index in [1.165, 1.54) is 6.92 Å². The van der Waals surface area contributed by atoms with Crippen LogP contribution in [0, 0.1) is 0 Å². The van der Waals surface area contributed by atoms with E-state index in [9.17, 15) is 9.59 Å². The SMILES string of the molecule is CC(=O)Oc1c(C(C)C)nc(Cc2ccc(NC(=O)c3ccc4ccccc4c3)cc2)nc1N(C)C. The number of carbonyl (C=O) groups is 2. The molecule has 184 valence electrons. The lowest BCUT2D eigenvalue weighted by Gasteiger charge is -2.20. The van der Waals surface area contributed by atoms with Crippen LogP contribution in [0.1, 0.15) is 54.1 Å². The predicted octanol–water partition coefficient (Wildman–Crippen LogP) is 5.59. The number of carbonyl (C=O) groups excluding carboxylic acids is 2. The Balaban J connectivity index is 1.52. The molecule has 3 aromatic carbocycles. The molecule has 1 amide bonds. The van der Waals surface area contributed by atoms with Crippen LogP contribution in [0.5, 0.6) is 5.75 Å². The highest BCUT2D eigenvalue weighted by molar-refractivity contribution is 6.06. The number of hydrogen-bond donors (Lipinski definition) is 1. The maximum absolute atomic E-state index is 12.8. The Morgan fingerprint density at radius 3 is 2.28 bits per heavy atom. The van der Waals surface area contributed by atoms with E-state index in [0.29, 0.717) is 40.8 Å². The largest absolute Gasteiger partial charge is 0.421 e. The second-order valence-corrected chi connectivity index (χ2v) is 9.21. The molecule has 4 aromatic rings. The molecule has 0 aliphatic rings. The zero-order chi connectivity index (χ0) is 25.8. The topological polar surface area (TPSA) is 84.4 Å². The fraction of sp³-hybridized carbons (Fsp3) is 0.241. The van der Waals surface area contributed by atoms with Crippen LogP contribution in [0.4, 0.5) is 11.5 Å². The number of ether oxygens (including phenoxy) is 1. The normalized spacial score (nSPS) is 10.9. The van der Waals surface area contributed by atoms with E-state index in [-0.39, 0.29) is 11.8 Å². The number of rotatable bonds is 7. The minimum absolute atomic E-state index is 0.0486. The Kier molecular flexibility index (Phi) is 7.29. The number of hydrogen-bond acceptors (Lipinski definition) is 6. The van der Waals surface area contributed by atoms with Gasteiger partial charge >= 0.3 is 5.97 Å². The van der Waals surface area contributed by atoms with E-state index in [0.717, 1.165) is 16.3 Å². The highest BCUT2D eigenvalue weighted by Crippen LogP contribution is 2.33. The van der Waals surface area contributed by atoms with Crippen LogP contribution >= 0.6 is 0 Å². The minimum atomic E-state index is -0.405. The molecule has 7 nitrogen and oxygen atoms in total. The molecule has 36 heavy (non-hydrogen) atoms. The van der Waals surface area contributed by atoms with Crippen molar-refractivity contribution in [2.45, 2.75) is 33.1 Å². The highest BCUT2D eigenvalue weighted by atomic mass is 16.5. The lowest BCUT2D eigenvalue weighted by atomic mass is 10.1. The van der Waals surface area contributed by atoms with Crippen LogP contribution in [0.25, 0.3) is 10.8 Å². The first-order valence-corrected chi connectivity index (χ1v) is 11.9. The summed E-state index contributed by atoms with van der Waals surface area (Å²) in [6.07, 6.45) is 0.500. The van der Waals surface area contributed by atoms with Gasteiger partial charge in [0.2, 0.25) is 0 Å². The van der Waals surface area contributed by atoms with Gasteiger partial charge in [-0.2, -0.15) is 0 Å². The molecule has 0 aliphatic heterocycles. The summed E-state index contributed by atoms with van der Waals surface area (Å²) >= 11 is 0. The number of aromatic nitrogens is 2. The van der Waals surface area contributed by atoms with Crippen molar-refractivity contribution in [2.24, 2.45) is 0 Å². The molecule has 1 N–H and O–H groups in total. The van der Waals surface area contributed by atoms with Crippen LogP contribution in [-0.4, -0.2) is 35.9 Å². The summed E-state index contributed by atoms with van der Waals surface area (Å²) in [5, 5.41) is 5.09. The van der Waals surface area contributed by atoms with Crippen LogP contribution in [0.15, 0.2) is 66.7 Å². The quantitative estimate of drug-likeness (QED) is 0.346. The van der Waals surface area contributed by atoms with Crippen molar-refractivity contribution in [2.75, 3.05) is 24.3 Å². The van der Waals surface area contributed by atoms with Gasteiger partial charge in [-0.25, -0.2) is 9.97 Å². The van der Waals surface area contributed by atoms with Gasteiger partial charge in [0, 0.05) is 38.7 Å². The van der Waals surface area contributed by atoms with Gasteiger partial charge in [0.1, 0.15) is 5.82 Å². The molecule has 0 spiro atoms. The molecule has 0 atom stereocenters. The summed E-state index contributed by atoms with van der Waals surface area (Å²) < 4.78 is 5.47. The van der Waals surface area contributed by atoms with Gasteiger partial charge in [0.25, 0.3) is 5.91 Å². The Hall–Kier alpha value is -4.26. The van der Waals surface area contributed by atoms with Crippen LogP contribution < -0.4 is 15.0 Å². The third-order valence-corrected chi connectivity index (χ3v) is 5.72. The first kappa shape index (κ1) is 24.9. The molecule has 0 unspecified atom stereocenters. The fourth-order valence-corrected chi connectivity index (χ4v) is 3.94. The summed E-state index contributed by atoms with van der Waals surface area (Å²) in [5.41, 5.74) is 3.01. The molecule has 0 fully saturated rings. The van der Waals surface area contributed by atoms with Crippen molar-refractivity contribution >= 4 is 34.2 Å². The summed E-state index contributed by atoms with van der Waals surface area (Å²) in [5.74, 6) is 1.09. The molecule has 0 radical (unpaired) electrons. The second kappa shape index (κ2) is 10.6. The van der Waals surface area contributed by atoms with Crippen molar-refractivity contribution in [3.63, 3.8) is 0 Å². The monoisotopic (exact) mass is 482 g/mol. The molecule has 1 aromatic heterocycles.